The minimum absolute atomic E-state index is 0.139. The number of nitrogens with two attached hydrogens (primary N) is 1. The third kappa shape index (κ3) is 2.52. The van der Waals surface area contributed by atoms with Crippen LogP contribution in [0.25, 0.3) is 0 Å². The van der Waals surface area contributed by atoms with Crippen molar-refractivity contribution in [3.63, 3.8) is 0 Å². The fraction of sp³-hybridized carbons (Fsp3) is 0.429. The number of carbonyl (C=O) groups excluding carboxylic acids is 1. The highest BCUT2D eigenvalue weighted by Crippen LogP contribution is 2.21. The Morgan fingerprint density at radius 2 is 2.39 bits per heavy atom. The molecule has 0 bridgehead atoms. The second-order valence-electron chi connectivity index (χ2n) is 4.78. The molecule has 0 aromatic heterocycles. The predicted molar refractivity (Wildman–Crippen MR) is 68.5 cm³/mol. The molecule has 4 nitrogen and oxygen atoms in total. The Labute approximate surface area is 107 Å². The van der Waals surface area contributed by atoms with Gasteiger partial charge in [0.1, 0.15) is 0 Å². The molecule has 4 heteroatoms. The van der Waals surface area contributed by atoms with Crippen molar-refractivity contribution >= 4 is 5.91 Å². The zero-order valence-electron chi connectivity index (χ0n) is 10.5. The predicted octanol–water partition coefficient (Wildman–Crippen LogP) is 1.32. The van der Waals surface area contributed by atoms with Gasteiger partial charge in [0.05, 0.1) is 17.7 Å². The first kappa shape index (κ1) is 12.6. The molecule has 18 heavy (non-hydrogen) atoms. The summed E-state index contributed by atoms with van der Waals surface area (Å²) >= 11 is 0. The van der Waals surface area contributed by atoms with E-state index in [9.17, 15) is 4.79 Å². The first-order valence-electron chi connectivity index (χ1n) is 6.15. The van der Waals surface area contributed by atoms with Crippen molar-refractivity contribution in [2.24, 2.45) is 5.73 Å². The third-order valence-electron chi connectivity index (χ3n) is 3.54. The van der Waals surface area contributed by atoms with Gasteiger partial charge >= 0.3 is 0 Å². The number of aryl methyl sites for hydroxylation is 1. The van der Waals surface area contributed by atoms with Gasteiger partial charge < -0.3 is 5.73 Å². The maximum absolute atomic E-state index is 11.3. The van der Waals surface area contributed by atoms with E-state index in [-0.39, 0.29) is 11.9 Å². The quantitative estimate of drug-likeness (QED) is 0.870. The molecule has 1 aromatic rings. The topological polar surface area (TPSA) is 70.1 Å². The van der Waals surface area contributed by atoms with Gasteiger partial charge in [-0.2, -0.15) is 5.26 Å². The van der Waals surface area contributed by atoms with Gasteiger partial charge in [0.2, 0.25) is 5.91 Å². The lowest BCUT2D eigenvalue weighted by atomic mass is 10.0. The van der Waals surface area contributed by atoms with E-state index in [2.05, 4.69) is 11.0 Å². The van der Waals surface area contributed by atoms with Crippen LogP contribution >= 0.6 is 0 Å². The number of likely N-dealkylation sites (tertiary alicyclic amines) is 1. The molecule has 1 atom stereocenters. The van der Waals surface area contributed by atoms with Crippen molar-refractivity contribution in [2.45, 2.75) is 32.4 Å². The third-order valence-corrected chi connectivity index (χ3v) is 3.54. The lowest BCUT2D eigenvalue weighted by Crippen LogP contribution is -2.39. The highest BCUT2D eigenvalue weighted by atomic mass is 16.1. The van der Waals surface area contributed by atoms with Crippen LogP contribution in [0.4, 0.5) is 0 Å². The highest BCUT2D eigenvalue weighted by Gasteiger charge is 2.28. The average Bonchev–Trinajstić information content (AvgIpc) is 2.80. The number of primary amides is 1. The summed E-state index contributed by atoms with van der Waals surface area (Å²) in [6.07, 6.45) is 1.87. The van der Waals surface area contributed by atoms with Crippen molar-refractivity contribution in [3.8, 4) is 6.07 Å². The normalized spacial score (nSPS) is 19.7. The maximum Gasteiger partial charge on any atom is 0.234 e. The lowest BCUT2D eigenvalue weighted by Gasteiger charge is -2.22. The number of amides is 1. The molecule has 0 saturated carbocycles. The Morgan fingerprint density at radius 1 is 1.61 bits per heavy atom. The minimum Gasteiger partial charge on any atom is -0.368 e. The van der Waals surface area contributed by atoms with Crippen LogP contribution in [-0.2, 0) is 11.3 Å². The molecule has 1 saturated heterocycles. The van der Waals surface area contributed by atoms with E-state index in [1.54, 1.807) is 0 Å². The number of nitrogens with zero attached hydrogens (tertiary/aromatic N) is 2. The molecule has 1 amide bonds. The number of rotatable bonds is 3. The van der Waals surface area contributed by atoms with Crippen LogP contribution in [0.5, 0.6) is 0 Å². The molecule has 1 aliphatic rings. The molecule has 1 heterocycles. The van der Waals surface area contributed by atoms with Crippen molar-refractivity contribution in [2.75, 3.05) is 6.54 Å². The Balaban J connectivity index is 2.14. The summed E-state index contributed by atoms with van der Waals surface area (Å²) in [5.41, 5.74) is 8.31. The molecule has 1 unspecified atom stereocenters. The summed E-state index contributed by atoms with van der Waals surface area (Å²) in [5, 5.41) is 8.83. The lowest BCUT2D eigenvalue weighted by molar-refractivity contribution is -0.122. The Morgan fingerprint density at radius 3 is 3.00 bits per heavy atom. The molecule has 0 aliphatic carbocycles. The number of carbonyl (C=O) groups is 1. The average molecular weight is 243 g/mol. The molecule has 94 valence electrons. The van der Waals surface area contributed by atoms with Gasteiger partial charge in [0.25, 0.3) is 0 Å². The number of benzene rings is 1. The zero-order chi connectivity index (χ0) is 13.1. The monoisotopic (exact) mass is 243 g/mol. The molecule has 2 N–H and O–H groups in total. The van der Waals surface area contributed by atoms with Gasteiger partial charge in [-0.3, -0.25) is 9.69 Å². The summed E-state index contributed by atoms with van der Waals surface area (Å²) in [6.45, 7) is 3.63. The van der Waals surface area contributed by atoms with E-state index < -0.39 is 0 Å². The smallest absolute Gasteiger partial charge is 0.234 e. The Kier molecular flexibility index (Phi) is 3.63. The van der Waals surface area contributed by atoms with Gasteiger partial charge in [-0.25, -0.2) is 0 Å². The van der Waals surface area contributed by atoms with E-state index in [0.29, 0.717) is 5.56 Å². The number of hydrogen-bond acceptors (Lipinski definition) is 3. The van der Waals surface area contributed by atoms with Crippen LogP contribution in [0.15, 0.2) is 18.2 Å². The van der Waals surface area contributed by atoms with Crippen molar-refractivity contribution in [3.05, 3.63) is 34.9 Å². The van der Waals surface area contributed by atoms with Crippen molar-refractivity contribution in [1.82, 2.24) is 4.90 Å². The van der Waals surface area contributed by atoms with Crippen molar-refractivity contribution < 1.29 is 4.79 Å². The standard InChI is InChI=1S/C14H17N3O/c1-10-7-11(8-15)4-5-12(10)9-17-6-2-3-13(17)14(16)18/h4-5,7,13H,2-3,6,9H2,1H3,(H2,16,18). The first-order valence-corrected chi connectivity index (χ1v) is 6.15. The van der Waals surface area contributed by atoms with Gasteiger partial charge in [-0.15, -0.1) is 0 Å². The van der Waals surface area contributed by atoms with Crippen LogP contribution in [-0.4, -0.2) is 23.4 Å². The SMILES string of the molecule is Cc1cc(C#N)ccc1CN1CCCC1C(N)=O. The molecule has 1 fully saturated rings. The highest BCUT2D eigenvalue weighted by molar-refractivity contribution is 5.80. The minimum atomic E-state index is -0.237. The largest absolute Gasteiger partial charge is 0.368 e. The summed E-state index contributed by atoms with van der Waals surface area (Å²) in [5.74, 6) is -0.237. The second kappa shape index (κ2) is 5.19. The fourth-order valence-electron chi connectivity index (χ4n) is 2.50. The molecule has 1 aromatic carbocycles. The summed E-state index contributed by atoms with van der Waals surface area (Å²) in [7, 11) is 0. The Hall–Kier alpha value is -1.86. The fourth-order valence-corrected chi connectivity index (χ4v) is 2.50. The van der Waals surface area contributed by atoms with E-state index in [4.69, 9.17) is 11.0 Å². The number of hydrogen-bond donors (Lipinski definition) is 1. The van der Waals surface area contributed by atoms with E-state index in [0.717, 1.165) is 37.1 Å². The summed E-state index contributed by atoms with van der Waals surface area (Å²) in [6, 6.07) is 7.65. The van der Waals surface area contributed by atoms with Crippen LogP contribution in [0, 0.1) is 18.3 Å². The Bertz CT molecular complexity index is 504. The molecular formula is C14H17N3O. The van der Waals surface area contributed by atoms with Gasteiger partial charge in [-0.05, 0) is 49.6 Å². The molecule has 0 spiro atoms. The van der Waals surface area contributed by atoms with Crippen LogP contribution in [0.2, 0.25) is 0 Å². The summed E-state index contributed by atoms with van der Waals surface area (Å²) < 4.78 is 0. The van der Waals surface area contributed by atoms with Gasteiger partial charge in [0.15, 0.2) is 0 Å². The molecule has 2 rings (SSSR count). The zero-order valence-corrected chi connectivity index (χ0v) is 10.5. The molecule has 0 radical (unpaired) electrons. The maximum atomic E-state index is 11.3. The first-order chi connectivity index (χ1) is 8.61. The van der Waals surface area contributed by atoms with Crippen LogP contribution in [0.1, 0.15) is 29.5 Å². The molecule has 1 aliphatic heterocycles. The number of nitriles is 1. The van der Waals surface area contributed by atoms with Gasteiger partial charge in [-0.1, -0.05) is 6.07 Å². The van der Waals surface area contributed by atoms with E-state index in [1.165, 1.54) is 0 Å². The van der Waals surface area contributed by atoms with Gasteiger partial charge in [0, 0.05) is 6.54 Å². The van der Waals surface area contributed by atoms with E-state index >= 15 is 0 Å². The molecular weight excluding hydrogens is 226 g/mol. The van der Waals surface area contributed by atoms with Crippen molar-refractivity contribution in [1.29, 1.82) is 5.26 Å². The van der Waals surface area contributed by atoms with Crippen LogP contribution in [0.3, 0.4) is 0 Å². The summed E-state index contributed by atoms with van der Waals surface area (Å²) in [4.78, 5) is 13.4. The second-order valence-corrected chi connectivity index (χ2v) is 4.78. The van der Waals surface area contributed by atoms with Crippen LogP contribution < -0.4 is 5.73 Å². The van der Waals surface area contributed by atoms with E-state index in [1.807, 2.05) is 25.1 Å².